The van der Waals surface area contributed by atoms with Gasteiger partial charge in [0.25, 0.3) is 0 Å². The molecule has 0 saturated carbocycles. The van der Waals surface area contributed by atoms with Gasteiger partial charge in [-0.1, -0.05) is 20.3 Å². The average molecular weight is 185 g/mol. The molecule has 0 bridgehead atoms. The third kappa shape index (κ3) is 4.88. The van der Waals surface area contributed by atoms with Gasteiger partial charge in [-0.05, 0) is 20.4 Å². The van der Waals surface area contributed by atoms with Gasteiger partial charge in [0.2, 0.25) is 0 Å². The van der Waals surface area contributed by atoms with Crippen molar-refractivity contribution in [2.24, 2.45) is 11.7 Å². The summed E-state index contributed by atoms with van der Waals surface area (Å²) >= 11 is 0. The lowest BCUT2D eigenvalue weighted by atomic mass is 10.1. The minimum absolute atomic E-state index is 0.171. The maximum atomic E-state index is 7.29. The van der Waals surface area contributed by atoms with Gasteiger partial charge in [-0.15, -0.1) is 0 Å². The first-order chi connectivity index (χ1) is 5.99. The lowest BCUT2D eigenvalue weighted by Gasteiger charge is -2.26. The molecule has 0 fully saturated rings. The molecule has 3 heteroatoms. The summed E-state index contributed by atoms with van der Waals surface area (Å²) in [6, 6.07) is 0.590. The Kier molecular flexibility index (Phi) is 5.71. The third-order valence-electron chi connectivity index (χ3n) is 2.55. The molecule has 0 aromatic rings. The van der Waals surface area contributed by atoms with Crippen molar-refractivity contribution in [3.8, 4) is 0 Å². The molecule has 0 heterocycles. The maximum absolute atomic E-state index is 7.29. The first kappa shape index (κ1) is 12.4. The van der Waals surface area contributed by atoms with E-state index >= 15 is 0 Å². The van der Waals surface area contributed by atoms with E-state index < -0.39 is 0 Å². The Labute approximate surface area is 81.8 Å². The SMILES string of the molecule is CCCC(C)N(C)CC(C)C(=N)N. The first-order valence-corrected chi connectivity index (χ1v) is 5.03. The van der Waals surface area contributed by atoms with E-state index in [1.54, 1.807) is 0 Å². The van der Waals surface area contributed by atoms with E-state index in [0.717, 1.165) is 6.54 Å². The summed E-state index contributed by atoms with van der Waals surface area (Å²) in [4.78, 5) is 2.27. The van der Waals surface area contributed by atoms with Crippen LogP contribution in [-0.2, 0) is 0 Å². The predicted octanol–water partition coefficient (Wildman–Crippen LogP) is 1.68. The van der Waals surface area contributed by atoms with Gasteiger partial charge in [0, 0.05) is 18.5 Å². The highest BCUT2D eigenvalue weighted by atomic mass is 15.1. The van der Waals surface area contributed by atoms with Crippen molar-refractivity contribution in [2.75, 3.05) is 13.6 Å². The van der Waals surface area contributed by atoms with Crippen molar-refractivity contribution in [1.82, 2.24) is 4.90 Å². The third-order valence-corrected chi connectivity index (χ3v) is 2.55. The van der Waals surface area contributed by atoms with Crippen LogP contribution in [0.15, 0.2) is 0 Å². The van der Waals surface area contributed by atoms with Crippen molar-refractivity contribution in [1.29, 1.82) is 5.41 Å². The highest BCUT2D eigenvalue weighted by Gasteiger charge is 2.13. The highest BCUT2D eigenvalue weighted by Crippen LogP contribution is 2.06. The van der Waals surface area contributed by atoms with Gasteiger partial charge in [-0.3, -0.25) is 5.41 Å². The zero-order valence-corrected chi connectivity index (χ0v) is 9.30. The minimum atomic E-state index is 0.171. The van der Waals surface area contributed by atoms with Gasteiger partial charge in [0.05, 0.1) is 5.84 Å². The average Bonchev–Trinajstić information content (AvgIpc) is 2.04. The number of hydrogen-bond acceptors (Lipinski definition) is 2. The Balaban J connectivity index is 3.84. The molecule has 2 unspecified atom stereocenters. The minimum Gasteiger partial charge on any atom is -0.387 e. The van der Waals surface area contributed by atoms with Crippen molar-refractivity contribution in [3.63, 3.8) is 0 Å². The summed E-state index contributed by atoms with van der Waals surface area (Å²) in [7, 11) is 2.10. The molecule has 78 valence electrons. The molecule has 2 atom stereocenters. The van der Waals surface area contributed by atoms with Crippen molar-refractivity contribution < 1.29 is 0 Å². The van der Waals surface area contributed by atoms with Crippen molar-refractivity contribution in [2.45, 2.75) is 39.7 Å². The molecule has 0 aliphatic carbocycles. The molecule has 13 heavy (non-hydrogen) atoms. The molecule has 0 aliphatic heterocycles. The van der Waals surface area contributed by atoms with Crippen LogP contribution in [0.2, 0.25) is 0 Å². The fraction of sp³-hybridized carbons (Fsp3) is 0.900. The van der Waals surface area contributed by atoms with Gasteiger partial charge >= 0.3 is 0 Å². The lowest BCUT2D eigenvalue weighted by molar-refractivity contribution is 0.231. The van der Waals surface area contributed by atoms with E-state index in [1.165, 1.54) is 12.8 Å². The Hall–Kier alpha value is -0.570. The normalized spacial score (nSPS) is 15.8. The Bertz CT molecular complexity index is 156. The van der Waals surface area contributed by atoms with Crippen LogP contribution in [0.5, 0.6) is 0 Å². The van der Waals surface area contributed by atoms with Crippen LogP contribution in [0.1, 0.15) is 33.6 Å². The topological polar surface area (TPSA) is 53.1 Å². The smallest absolute Gasteiger partial charge is 0.0947 e. The molecule has 0 amide bonds. The zero-order valence-electron chi connectivity index (χ0n) is 9.30. The molecule has 0 radical (unpaired) electrons. The molecule has 3 N–H and O–H groups in total. The molecule has 3 nitrogen and oxygen atoms in total. The van der Waals surface area contributed by atoms with Crippen LogP contribution in [0.25, 0.3) is 0 Å². The van der Waals surface area contributed by atoms with E-state index in [9.17, 15) is 0 Å². The number of nitrogens with zero attached hydrogens (tertiary/aromatic N) is 1. The highest BCUT2D eigenvalue weighted by molar-refractivity contribution is 5.79. The Morgan fingerprint density at radius 2 is 2.00 bits per heavy atom. The van der Waals surface area contributed by atoms with Crippen LogP contribution in [-0.4, -0.2) is 30.4 Å². The number of nitrogens with one attached hydrogen (secondary N) is 1. The van der Waals surface area contributed by atoms with Crippen molar-refractivity contribution in [3.05, 3.63) is 0 Å². The quantitative estimate of drug-likeness (QED) is 0.488. The predicted molar refractivity (Wildman–Crippen MR) is 58.1 cm³/mol. The zero-order chi connectivity index (χ0) is 10.4. The molecule has 0 aromatic carbocycles. The molecule has 0 rings (SSSR count). The second-order valence-electron chi connectivity index (χ2n) is 3.93. The second kappa shape index (κ2) is 5.97. The number of nitrogens with two attached hydrogens (primary N) is 1. The Morgan fingerprint density at radius 1 is 1.46 bits per heavy atom. The lowest BCUT2D eigenvalue weighted by Crippen LogP contribution is -2.37. The van der Waals surface area contributed by atoms with Gasteiger partial charge < -0.3 is 10.6 Å². The van der Waals surface area contributed by atoms with E-state index in [0.29, 0.717) is 6.04 Å². The maximum Gasteiger partial charge on any atom is 0.0947 e. The van der Waals surface area contributed by atoms with E-state index in [2.05, 4.69) is 25.8 Å². The van der Waals surface area contributed by atoms with Gasteiger partial charge in [-0.25, -0.2) is 0 Å². The second-order valence-corrected chi connectivity index (χ2v) is 3.93. The summed E-state index contributed by atoms with van der Waals surface area (Å²) in [5.74, 6) is 0.458. The summed E-state index contributed by atoms with van der Waals surface area (Å²) in [5.41, 5.74) is 5.41. The number of rotatable bonds is 6. The van der Waals surface area contributed by atoms with Gasteiger partial charge in [0.15, 0.2) is 0 Å². The van der Waals surface area contributed by atoms with Crippen LogP contribution in [0, 0.1) is 11.3 Å². The van der Waals surface area contributed by atoms with E-state index in [-0.39, 0.29) is 11.8 Å². The fourth-order valence-corrected chi connectivity index (χ4v) is 1.35. The number of amidine groups is 1. The first-order valence-electron chi connectivity index (χ1n) is 5.03. The summed E-state index contributed by atoms with van der Waals surface area (Å²) < 4.78 is 0. The summed E-state index contributed by atoms with van der Waals surface area (Å²) in [6.45, 7) is 7.29. The molecule has 0 aliphatic rings. The largest absolute Gasteiger partial charge is 0.387 e. The molecular weight excluding hydrogens is 162 g/mol. The van der Waals surface area contributed by atoms with Gasteiger partial charge in [0.1, 0.15) is 0 Å². The van der Waals surface area contributed by atoms with Crippen molar-refractivity contribution >= 4 is 5.84 Å². The molecular formula is C10H23N3. The standard InChI is InChI=1S/C10H23N3/c1-5-6-9(3)13(4)7-8(2)10(11)12/h8-9H,5-7H2,1-4H3,(H3,11,12). The van der Waals surface area contributed by atoms with E-state index in [4.69, 9.17) is 11.1 Å². The molecule has 0 spiro atoms. The van der Waals surface area contributed by atoms with E-state index in [1.807, 2.05) is 6.92 Å². The van der Waals surface area contributed by atoms with Crippen LogP contribution < -0.4 is 5.73 Å². The Morgan fingerprint density at radius 3 is 2.38 bits per heavy atom. The van der Waals surface area contributed by atoms with Crippen LogP contribution >= 0.6 is 0 Å². The summed E-state index contributed by atoms with van der Waals surface area (Å²) in [5, 5.41) is 7.29. The number of hydrogen-bond donors (Lipinski definition) is 2. The van der Waals surface area contributed by atoms with Crippen LogP contribution in [0.3, 0.4) is 0 Å². The van der Waals surface area contributed by atoms with Crippen LogP contribution in [0.4, 0.5) is 0 Å². The molecule has 0 aromatic heterocycles. The molecule has 0 saturated heterocycles. The van der Waals surface area contributed by atoms with Gasteiger partial charge in [-0.2, -0.15) is 0 Å². The summed E-state index contributed by atoms with van der Waals surface area (Å²) in [6.07, 6.45) is 2.42. The fourth-order valence-electron chi connectivity index (χ4n) is 1.35. The monoisotopic (exact) mass is 185 g/mol.